The van der Waals surface area contributed by atoms with Crippen molar-refractivity contribution < 1.29 is 0 Å². The highest BCUT2D eigenvalue weighted by Crippen LogP contribution is 2.20. The number of nitrogens with zero attached hydrogens (tertiary/aromatic N) is 2. The van der Waals surface area contributed by atoms with Crippen LogP contribution in [0.5, 0.6) is 0 Å². The molecule has 3 nitrogen and oxygen atoms in total. The van der Waals surface area contributed by atoms with Gasteiger partial charge in [-0.3, -0.25) is 0 Å². The van der Waals surface area contributed by atoms with E-state index < -0.39 is 0 Å². The largest absolute Gasteiger partial charge is 0.378 e. The second-order valence-electron chi connectivity index (χ2n) is 5.17. The summed E-state index contributed by atoms with van der Waals surface area (Å²) in [5.41, 5.74) is 2.60. The molecule has 0 radical (unpaired) electrons. The van der Waals surface area contributed by atoms with E-state index in [0.29, 0.717) is 5.92 Å². The minimum atomic E-state index is 0.714. The van der Waals surface area contributed by atoms with E-state index in [4.69, 9.17) is 0 Å². The molecule has 1 unspecified atom stereocenters. The van der Waals surface area contributed by atoms with Gasteiger partial charge in [0.2, 0.25) is 0 Å². The lowest BCUT2D eigenvalue weighted by Crippen LogP contribution is -2.29. The van der Waals surface area contributed by atoms with Gasteiger partial charge in [-0.05, 0) is 36.7 Å². The summed E-state index contributed by atoms with van der Waals surface area (Å²) in [5, 5.41) is 3.48. The van der Waals surface area contributed by atoms with Gasteiger partial charge < -0.3 is 15.1 Å². The lowest BCUT2D eigenvalue weighted by atomic mass is 10.1. The minimum absolute atomic E-state index is 0.714. The molecule has 1 fully saturated rings. The average Bonchev–Trinajstić information content (AvgIpc) is 2.54. The first-order valence-electron chi connectivity index (χ1n) is 6.40. The van der Waals surface area contributed by atoms with E-state index in [0.717, 1.165) is 26.2 Å². The normalized spacial score (nSPS) is 21.1. The monoisotopic (exact) mass is 233 g/mol. The maximum atomic E-state index is 3.48. The van der Waals surface area contributed by atoms with Gasteiger partial charge in [0.05, 0.1) is 0 Å². The summed E-state index contributed by atoms with van der Waals surface area (Å²) in [6.45, 7) is 6.77. The van der Waals surface area contributed by atoms with Gasteiger partial charge in [-0.2, -0.15) is 0 Å². The Morgan fingerprint density at radius 1 is 1.24 bits per heavy atom. The Morgan fingerprint density at radius 2 is 1.94 bits per heavy atom. The third-order valence-corrected chi connectivity index (χ3v) is 3.31. The molecule has 1 atom stereocenters. The van der Waals surface area contributed by atoms with Gasteiger partial charge in [-0.15, -0.1) is 0 Å². The molecule has 0 bridgehead atoms. The summed E-state index contributed by atoms with van der Waals surface area (Å²) in [5.74, 6) is 0.714. The zero-order valence-electron chi connectivity index (χ0n) is 11.1. The second-order valence-corrected chi connectivity index (χ2v) is 5.17. The molecule has 0 spiro atoms. The first-order chi connectivity index (χ1) is 8.16. The Balaban J connectivity index is 2.10. The topological polar surface area (TPSA) is 18.5 Å². The molecule has 17 heavy (non-hydrogen) atoms. The maximum absolute atomic E-state index is 3.48. The molecule has 2 rings (SSSR count). The number of benzene rings is 1. The molecule has 1 N–H and O–H groups in total. The van der Waals surface area contributed by atoms with Gasteiger partial charge in [0.1, 0.15) is 0 Å². The fourth-order valence-electron chi connectivity index (χ4n) is 2.29. The molecule has 1 aliphatic rings. The molecule has 0 amide bonds. The van der Waals surface area contributed by atoms with Crippen molar-refractivity contribution in [1.82, 2.24) is 5.32 Å². The summed E-state index contributed by atoms with van der Waals surface area (Å²) >= 11 is 0. The molecule has 1 saturated heterocycles. The highest BCUT2D eigenvalue weighted by molar-refractivity contribution is 5.55. The first-order valence-corrected chi connectivity index (χ1v) is 6.40. The van der Waals surface area contributed by atoms with E-state index in [2.05, 4.69) is 60.4 Å². The molecule has 1 aliphatic heterocycles. The zero-order chi connectivity index (χ0) is 12.3. The zero-order valence-corrected chi connectivity index (χ0v) is 11.1. The van der Waals surface area contributed by atoms with Crippen LogP contribution in [-0.4, -0.2) is 40.3 Å². The molecule has 94 valence electrons. The van der Waals surface area contributed by atoms with E-state index in [9.17, 15) is 0 Å². The Morgan fingerprint density at radius 3 is 2.59 bits per heavy atom. The van der Waals surface area contributed by atoms with Crippen LogP contribution in [0.4, 0.5) is 11.4 Å². The van der Waals surface area contributed by atoms with E-state index in [-0.39, 0.29) is 0 Å². The first kappa shape index (κ1) is 12.2. The van der Waals surface area contributed by atoms with Gasteiger partial charge in [0.25, 0.3) is 0 Å². The van der Waals surface area contributed by atoms with Crippen molar-refractivity contribution in [3.05, 3.63) is 24.3 Å². The van der Waals surface area contributed by atoms with E-state index in [1.54, 1.807) is 0 Å². The van der Waals surface area contributed by atoms with Gasteiger partial charge in [-0.25, -0.2) is 0 Å². The number of rotatable bonds is 2. The third-order valence-electron chi connectivity index (χ3n) is 3.31. The van der Waals surface area contributed by atoms with Crippen LogP contribution in [0.1, 0.15) is 6.92 Å². The number of hydrogen-bond donors (Lipinski definition) is 1. The fourth-order valence-corrected chi connectivity index (χ4v) is 2.29. The van der Waals surface area contributed by atoms with Crippen LogP contribution in [0.3, 0.4) is 0 Å². The van der Waals surface area contributed by atoms with Crippen LogP contribution in [0, 0.1) is 5.92 Å². The van der Waals surface area contributed by atoms with E-state index in [1.807, 2.05) is 0 Å². The molecule has 1 heterocycles. The van der Waals surface area contributed by atoms with E-state index in [1.165, 1.54) is 11.4 Å². The van der Waals surface area contributed by atoms with Crippen molar-refractivity contribution in [3.63, 3.8) is 0 Å². The van der Waals surface area contributed by atoms with Crippen LogP contribution in [-0.2, 0) is 0 Å². The van der Waals surface area contributed by atoms with Gasteiger partial charge in [0.15, 0.2) is 0 Å². The summed E-state index contributed by atoms with van der Waals surface area (Å²) < 4.78 is 0. The van der Waals surface area contributed by atoms with E-state index >= 15 is 0 Å². The maximum Gasteiger partial charge on any atom is 0.0368 e. The SMILES string of the molecule is CC1CNCCN(c2ccc(N(C)C)cc2)C1. The van der Waals surface area contributed by atoms with Crippen LogP contribution in [0.15, 0.2) is 24.3 Å². The predicted molar refractivity (Wildman–Crippen MR) is 75.0 cm³/mol. The average molecular weight is 233 g/mol. The third kappa shape index (κ3) is 3.13. The quantitative estimate of drug-likeness (QED) is 0.840. The Hall–Kier alpha value is -1.22. The lowest BCUT2D eigenvalue weighted by molar-refractivity contribution is 0.564. The smallest absolute Gasteiger partial charge is 0.0368 e. The number of nitrogens with one attached hydrogen (secondary N) is 1. The summed E-state index contributed by atoms with van der Waals surface area (Å²) in [6, 6.07) is 8.84. The van der Waals surface area contributed by atoms with Crippen molar-refractivity contribution in [3.8, 4) is 0 Å². The molecule has 1 aromatic rings. The molecule has 1 aromatic carbocycles. The summed E-state index contributed by atoms with van der Waals surface area (Å²) in [6.07, 6.45) is 0. The van der Waals surface area contributed by atoms with Gasteiger partial charge in [0, 0.05) is 45.1 Å². The highest BCUT2D eigenvalue weighted by atomic mass is 15.2. The predicted octanol–water partition coefficient (Wildman–Crippen LogP) is 1.80. The second kappa shape index (κ2) is 5.41. The molecule has 0 saturated carbocycles. The number of hydrogen-bond acceptors (Lipinski definition) is 3. The van der Waals surface area contributed by atoms with Crippen molar-refractivity contribution in [2.24, 2.45) is 5.92 Å². The Bertz CT molecular complexity index is 345. The van der Waals surface area contributed by atoms with Crippen LogP contribution in [0.2, 0.25) is 0 Å². The van der Waals surface area contributed by atoms with Crippen molar-refractivity contribution >= 4 is 11.4 Å². The highest BCUT2D eigenvalue weighted by Gasteiger charge is 2.14. The lowest BCUT2D eigenvalue weighted by Gasteiger charge is -2.25. The van der Waals surface area contributed by atoms with Gasteiger partial charge in [-0.1, -0.05) is 6.92 Å². The van der Waals surface area contributed by atoms with Crippen molar-refractivity contribution in [2.45, 2.75) is 6.92 Å². The summed E-state index contributed by atoms with van der Waals surface area (Å²) in [7, 11) is 4.15. The van der Waals surface area contributed by atoms with Crippen LogP contribution in [0.25, 0.3) is 0 Å². The molecule has 3 heteroatoms. The van der Waals surface area contributed by atoms with Crippen LogP contribution >= 0.6 is 0 Å². The standard InChI is InChI=1S/C14H23N3/c1-12-10-15-8-9-17(11-12)14-6-4-13(5-7-14)16(2)3/h4-7,12,15H,8-11H2,1-3H3. The summed E-state index contributed by atoms with van der Waals surface area (Å²) in [4.78, 5) is 4.61. The van der Waals surface area contributed by atoms with Crippen molar-refractivity contribution in [1.29, 1.82) is 0 Å². The van der Waals surface area contributed by atoms with Crippen molar-refractivity contribution in [2.75, 3.05) is 50.1 Å². The molecule has 0 aliphatic carbocycles. The van der Waals surface area contributed by atoms with Gasteiger partial charge >= 0.3 is 0 Å². The Labute approximate surface area is 104 Å². The van der Waals surface area contributed by atoms with Crippen LogP contribution < -0.4 is 15.1 Å². The number of anilines is 2. The molecular formula is C14H23N3. The molecule has 0 aromatic heterocycles. The minimum Gasteiger partial charge on any atom is -0.378 e. The molecular weight excluding hydrogens is 210 g/mol. The Kier molecular flexibility index (Phi) is 3.89. The fraction of sp³-hybridized carbons (Fsp3) is 0.571.